The Morgan fingerprint density at radius 3 is 2.00 bits per heavy atom. The molecular weight excluding hydrogens is 601 g/mol. The van der Waals surface area contributed by atoms with Crippen molar-refractivity contribution in [3.8, 4) is 11.1 Å². The second kappa shape index (κ2) is 14.6. The number of amides is 1. The molecule has 3 aromatic carbocycles. The second-order valence-electron chi connectivity index (χ2n) is 10.3. The predicted molar refractivity (Wildman–Crippen MR) is 164 cm³/mol. The fourth-order valence-electron chi connectivity index (χ4n) is 4.96. The van der Waals surface area contributed by atoms with E-state index < -0.39 is 47.2 Å². The number of ketones is 1. The summed E-state index contributed by atoms with van der Waals surface area (Å²) in [4.78, 5) is 57.0. The molecule has 0 aliphatic heterocycles. The lowest BCUT2D eigenvalue weighted by Crippen LogP contribution is -2.48. The summed E-state index contributed by atoms with van der Waals surface area (Å²) in [5.74, 6) is -3.09. The lowest BCUT2D eigenvalue weighted by atomic mass is 9.76. The van der Waals surface area contributed by atoms with E-state index in [4.69, 9.17) is 9.47 Å². The summed E-state index contributed by atoms with van der Waals surface area (Å²) >= 11 is 0. The van der Waals surface area contributed by atoms with Gasteiger partial charge in [0.1, 0.15) is 5.78 Å². The van der Waals surface area contributed by atoms with Gasteiger partial charge in [-0.1, -0.05) is 54.6 Å². The first-order chi connectivity index (χ1) is 22.0. The smallest absolute Gasteiger partial charge is 0.416 e. The molecule has 0 bridgehead atoms. The quantitative estimate of drug-likeness (QED) is 0.139. The van der Waals surface area contributed by atoms with Crippen LogP contribution < -0.4 is 5.32 Å². The van der Waals surface area contributed by atoms with Gasteiger partial charge in [0, 0.05) is 36.5 Å². The van der Waals surface area contributed by atoms with Crippen LogP contribution in [0, 0.1) is 0 Å². The zero-order chi connectivity index (χ0) is 33.3. The van der Waals surface area contributed by atoms with Gasteiger partial charge in [-0.3, -0.25) is 24.2 Å². The highest BCUT2D eigenvalue weighted by Crippen LogP contribution is 2.35. The molecule has 0 saturated heterocycles. The third kappa shape index (κ3) is 7.66. The number of pyridine rings is 1. The number of nitrogens with one attached hydrogen (secondary N) is 1. The van der Waals surface area contributed by atoms with Crippen LogP contribution in [0.5, 0.6) is 0 Å². The maximum absolute atomic E-state index is 13.5. The molecule has 0 spiro atoms. The van der Waals surface area contributed by atoms with E-state index in [0.29, 0.717) is 16.7 Å². The van der Waals surface area contributed by atoms with Crippen LogP contribution in [0.1, 0.15) is 47.3 Å². The Morgan fingerprint density at radius 1 is 0.783 bits per heavy atom. The lowest BCUT2D eigenvalue weighted by Gasteiger charge is -2.28. The fraction of sp³-hybridized carbons (Fsp3) is 0.229. The van der Waals surface area contributed by atoms with Crippen molar-refractivity contribution in [2.24, 2.45) is 0 Å². The van der Waals surface area contributed by atoms with Crippen LogP contribution in [-0.4, -0.2) is 41.8 Å². The van der Waals surface area contributed by atoms with E-state index in [1.807, 2.05) is 0 Å². The van der Waals surface area contributed by atoms with Gasteiger partial charge in [0.25, 0.3) is 5.91 Å². The van der Waals surface area contributed by atoms with Gasteiger partial charge >= 0.3 is 18.1 Å². The summed E-state index contributed by atoms with van der Waals surface area (Å²) < 4.78 is 50.9. The molecule has 238 valence electrons. The SMILES string of the molecule is CCOC(=O)C(CC(=O)Cc1ccc(NC(=O)c2cc(C(F)(F)F)ccc2-c2ccccc2)cc1)(C(=O)OCC)c1cccnc1. The molecule has 4 rings (SSSR count). The van der Waals surface area contributed by atoms with Crippen LogP contribution in [0.15, 0.2) is 97.3 Å². The first-order valence-electron chi connectivity index (χ1n) is 14.4. The normalized spacial score (nSPS) is 11.4. The largest absolute Gasteiger partial charge is 0.465 e. The number of Topliss-reactive ketones (excluding diaryl/α,β-unsaturated/α-hetero) is 1. The molecule has 0 aliphatic rings. The number of nitrogens with zero attached hydrogens (tertiary/aromatic N) is 1. The second-order valence-corrected chi connectivity index (χ2v) is 10.3. The number of carbonyl (C=O) groups excluding carboxylic acids is 4. The fourth-order valence-corrected chi connectivity index (χ4v) is 4.96. The van der Waals surface area contributed by atoms with Crippen molar-refractivity contribution in [1.82, 2.24) is 4.98 Å². The van der Waals surface area contributed by atoms with E-state index in [9.17, 15) is 32.3 Å². The summed E-state index contributed by atoms with van der Waals surface area (Å²) in [5, 5.41) is 2.62. The Labute approximate surface area is 263 Å². The predicted octanol–water partition coefficient (Wildman–Crippen LogP) is 6.59. The molecule has 0 fully saturated rings. The van der Waals surface area contributed by atoms with Gasteiger partial charge in [-0.2, -0.15) is 13.2 Å². The van der Waals surface area contributed by atoms with Crippen LogP contribution in [0.3, 0.4) is 0 Å². The Bertz CT molecular complexity index is 1670. The Morgan fingerprint density at radius 2 is 1.43 bits per heavy atom. The standard InChI is InChI=1S/C35H31F3N2O6/c1-3-45-32(43)34(33(44)46-4-2,26-11-8-18-39-22-26)21-28(41)19-23-12-15-27(16-13-23)40-31(42)30-20-25(35(36,37)38)14-17-29(30)24-9-6-5-7-10-24/h5-18,20,22H,3-4,19,21H2,1-2H3,(H,40,42). The third-order valence-corrected chi connectivity index (χ3v) is 7.15. The van der Waals surface area contributed by atoms with Crippen molar-refractivity contribution in [3.05, 3.63) is 120 Å². The highest BCUT2D eigenvalue weighted by atomic mass is 19.4. The number of carbonyl (C=O) groups is 4. The first kappa shape index (κ1) is 33.6. The summed E-state index contributed by atoms with van der Waals surface area (Å²) in [6, 6.07) is 20.7. The van der Waals surface area contributed by atoms with Crippen molar-refractivity contribution in [3.63, 3.8) is 0 Å². The summed E-state index contributed by atoms with van der Waals surface area (Å²) in [7, 11) is 0. The van der Waals surface area contributed by atoms with Crippen LogP contribution in [0.2, 0.25) is 0 Å². The van der Waals surface area contributed by atoms with Gasteiger partial charge < -0.3 is 14.8 Å². The number of alkyl halides is 3. The number of anilines is 1. The molecule has 1 heterocycles. The number of esters is 2. The summed E-state index contributed by atoms with van der Waals surface area (Å²) in [5.41, 5.74) is -1.35. The van der Waals surface area contributed by atoms with E-state index in [-0.39, 0.29) is 36.4 Å². The summed E-state index contributed by atoms with van der Waals surface area (Å²) in [6.45, 7) is 3.09. The van der Waals surface area contributed by atoms with Gasteiger partial charge in [-0.25, -0.2) is 0 Å². The first-order valence-corrected chi connectivity index (χ1v) is 14.4. The number of benzene rings is 3. The topological polar surface area (TPSA) is 112 Å². The molecule has 0 aliphatic carbocycles. The number of rotatable bonds is 12. The highest BCUT2D eigenvalue weighted by Gasteiger charge is 2.52. The zero-order valence-corrected chi connectivity index (χ0v) is 25.1. The van der Waals surface area contributed by atoms with E-state index >= 15 is 0 Å². The molecule has 11 heteroatoms. The molecule has 46 heavy (non-hydrogen) atoms. The summed E-state index contributed by atoms with van der Waals surface area (Å²) in [6.07, 6.45) is -2.60. The zero-order valence-electron chi connectivity index (χ0n) is 25.1. The molecule has 8 nitrogen and oxygen atoms in total. The van der Waals surface area contributed by atoms with E-state index in [0.717, 1.165) is 12.1 Å². The Balaban J connectivity index is 1.55. The van der Waals surface area contributed by atoms with E-state index in [1.54, 1.807) is 56.3 Å². The molecule has 0 atom stereocenters. The molecular formula is C35H31F3N2O6. The number of hydrogen-bond donors (Lipinski definition) is 1. The van der Waals surface area contributed by atoms with Gasteiger partial charge in [0.15, 0.2) is 5.41 Å². The molecule has 0 unspecified atom stereocenters. The molecule has 1 amide bonds. The van der Waals surface area contributed by atoms with Crippen molar-refractivity contribution in [2.45, 2.75) is 38.3 Å². The highest BCUT2D eigenvalue weighted by molar-refractivity contribution is 6.10. The van der Waals surface area contributed by atoms with E-state index in [2.05, 4.69) is 10.3 Å². The minimum absolute atomic E-state index is 0.0328. The number of halogens is 3. The number of hydrogen-bond acceptors (Lipinski definition) is 7. The molecule has 0 saturated carbocycles. The van der Waals surface area contributed by atoms with E-state index in [1.165, 1.54) is 42.7 Å². The van der Waals surface area contributed by atoms with Crippen molar-refractivity contribution in [2.75, 3.05) is 18.5 Å². The third-order valence-electron chi connectivity index (χ3n) is 7.15. The maximum atomic E-state index is 13.5. The molecule has 1 aromatic heterocycles. The molecule has 4 aromatic rings. The number of aromatic nitrogens is 1. The van der Waals surface area contributed by atoms with Crippen molar-refractivity contribution >= 4 is 29.3 Å². The molecule has 1 N–H and O–H groups in total. The monoisotopic (exact) mass is 632 g/mol. The van der Waals surface area contributed by atoms with Crippen LogP contribution >= 0.6 is 0 Å². The van der Waals surface area contributed by atoms with Gasteiger partial charge in [-0.05, 0) is 66.4 Å². The van der Waals surface area contributed by atoms with Gasteiger partial charge in [0.05, 0.1) is 18.8 Å². The van der Waals surface area contributed by atoms with Crippen molar-refractivity contribution < 1.29 is 41.8 Å². The number of ether oxygens (including phenoxy) is 2. The minimum Gasteiger partial charge on any atom is -0.465 e. The molecule has 0 radical (unpaired) electrons. The average Bonchev–Trinajstić information content (AvgIpc) is 3.05. The van der Waals surface area contributed by atoms with Gasteiger partial charge in [-0.15, -0.1) is 0 Å². The average molecular weight is 633 g/mol. The maximum Gasteiger partial charge on any atom is 0.416 e. The Hall–Kier alpha value is -5.32. The Kier molecular flexibility index (Phi) is 10.7. The lowest BCUT2D eigenvalue weighted by molar-refractivity contribution is -0.166. The van der Waals surface area contributed by atoms with Gasteiger partial charge in [0.2, 0.25) is 0 Å². The van der Waals surface area contributed by atoms with Crippen LogP contribution in [0.4, 0.5) is 18.9 Å². The minimum atomic E-state index is -4.65. The van der Waals surface area contributed by atoms with Crippen LogP contribution in [0.25, 0.3) is 11.1 Å². The van der Waals surface area contributed by atoms with Crippen molar-refractivity contribution in [1.29, 1.82) is 0 Å². The van der Waals surface area contributed by atoms with Crippen LogP contribution in [-0.2, 0) is 41.9 Å².